The summed E-state index contributed by atoms with van der Waals surface area (Å²) in [5, 5.41) is 2.91. The lowest BCUT2D eigenvalue weighted by Gasteiger charge is -2.23. The molecule has 0 saturated carbocycles. The summed E-state index contributed by atoms with van der Waals surface area (Å²) in [6, 6.07) is 25.4. The summed E-state index contributed by atoms with van der Waals surface area (Å²) in [6.45, 7) is 2.48. The maximum Gasteiger partial charge on any atom is 0.259 e. The van der Waals surface area contributed by atoms with Crippen molar-refractivity contribution in [1.82, 2.24) is 5.32 Å². The Balaban J connectivity index is 1.52. The number of halogens is 1. The van der Waals surface area contributed by atoms with Crippen molar-refractivity contribution in [1.29, 1.82) is 0 Å². The molecule has 0 bridgehead atoms. The van der Waals surface area contributed by atoms with Gasteiger partial charge in [-0.05, 0) is 60.5 Å². The van der Waals surface area contributed by atoms with Crippen molar-refractivity contribution in [2.24, 2.45) is 0 Å². The molecular formula is C29H23FN2O3S. The number of hydrogen-bond donors (Lipinski definition) is 1. The van der Waals surface area contributed by atoms with Crippen molar-refractivity contribution in [3.05, 3.63) is 125 Å². The van der Waals surface area contributed by atoms with E-state index in [9.17, 15) is 18.2 Å². The minimum absolute atomic E-state index is 0.131. The van der Waals surface area contributed by atoms with Gasteiger partial charge in [-0.3, -0.25) is 9.59 Å². The third-order valence-electron chi connectivity index (χ3n) is 6.10. The van der Waals surface area contributed by atoms with Crippen LogP contribution in [0.3, 0.4) is 0 Å². The van der Waals surface area contributed by atoms with E-state index in [4.69, 9.17) is 0 Å². The van der Waals surface area contributed by atoms with E-state index in [0.29, 0.717) is 38.7 Å². The fourth-order valence-corrected chi connectivity index (χ4v) is 5.47. The van der Waals surface area contributed by atoms with Crippen LogP contribution >= 0.6 is 0 Å². The van der Waals surface area contributed by atoms with Crippen LogP contribution in [0.25, 0.3) is 0 Å². The summed E-state index contributed by atoms with van der Waals surface area (Å²) in [5.74, 6) is -1.01. The number of fused-ring (bicyclic) bond motifs is 2. The zero-order valence-electron chi connectivity index (χ0n) is 19.5. The van der Waals surface area contributed by atoms with Crippen molar-refractivity contribution in [2.45, 2.75) is 29.8 Å². The van der Waals surface area contributed by atoms with Crippen LogP contribution in [0.2, 0.25) is 0 Å². The maximum absolute atomic E-state index is 13.7. The molecule has 0 radical (unpaired) electrons. The Morgan fingerprint density at radius 2 is 1.58 bits per heavy atom. The third kappa shape index (κ3) is 4.70. The summed E-state index contributed by atoms with van der Waals surface area (Å²) in [4.78, 5) is 29.0. The molecule has 2 amide bonds. The van der Waals surface area contributed by atoms with Crippen LogP contribution in [-0.2, 0) is 23.9 Å². The Bertz CT molecular complexity index is 1480. The predicted octanol–water partition coefficient (Wildman–Crippen LogP) is 5.39. The molecule has 4 aromatic carbocycles. The molecule has 1 unspecified atom stereocenters. The SMILES string of the molecule is Cc1ccc(CNC(=O)c2ccc3c(c2)N(Cc2ccc(F)cc2)C(=O)c2ccccc2S3=O)cc1. The van der Waals surface area contributed by atoms with Crippen LogP contribution < -0.4 is 10.2 Å². The molecule has 0 spiro atoms. The van der Waals surface area contributed by atoms with E-state index in [2.05, 4.69) is 5.32 Å². The van der Waals surface area contributed by atoms with E-state index in [1.54, 1.807) is 54.6 Å². The van der Waals surface area contributed by atoms with E-state index in [-0.39, 0.29) is 24.2 Å². The maximum atomic E-state index is 13.7. The first-order valence-corrected chi connectivity index (χ1v) is 12.6. The van der Waals surface area contributed by atoms with E-state index in [1.165, 1.54) is 17.0 Å². The molecule has 5 nitrogen and oxygen atoms in total. The predicted molar refractivity (Wildman–Crippen MR) is 137 cm³/mol. The minimum atomic E-state index is -1.62. The molecule has 180 valence electrons. The largest absolute Gasteiger partial charge is 0.348 e. The number of hydrogen-bond acceptors (Lipinski definition) is 3. The molecule has 0 aliphatic carbocycles. The highest BCUT2D eigenvalue weighted by Crippen LogP contribution is 2.36. The van der Waals surface area contributed by atoms with Crippen LogP contribution in [0.4, 0.5) is 10.1 Å². The summed E-state index contributed by atoms with van der Waals surface area (Å²) < 4.78 is 27.0. The van der Waals surface area contributed by atoms with Crippen molar-refractivity contribution >= 4 is 28.3 Å². The van der Waals surface area contributed by atoms with Gasteiger partial charge in [0.25, 0.3) is 11.8 Å². The molecule has 1 aliphatic rings. The molecule has 0 fully saturated rings. The number of aryl methyl sites for hydroxylation is 1. The molecule has 7 heteroatoms. The second kappa shape index (κ2) is 9.87. The molecule has 0 aromatic heterocycles. The van der Waals surface area contributed by atoms with Gasteiger partial charge in [-0.2, -0.15) is 0 Å². The van der Waals surface area contributed by atoms with Crippen molar-refractivity contribution < 1.29 is 18.2 Å². The first kappa shape index (κ1) is 23.6. The molecule has 1 N–H and O–H groups in total. The van der Waals surface area contributed by atoms with Crippen LogP contribution in [0.5, 0.6) is 0 Å². The van der Waals surface area contributed by atoms with Gasteiger partial charge in [-0.15, -0.1) is 0 Å². The number of anilines is 1. The van der Waals surface area contributed by atoms with Gasteiger partial charge in [0.05, 0.1) is 38.4 Å². The molecule has 4 aromatic rings. The Kier molecular flexibility index (Phi) is 6.48. The smallest absolute Gasteiger partial charge is 0.259 e. The van der Waals surface area contributed by atoms with E-state index in [0.717, 1.165) is 11.1 Å². The van der Waals surface area contributed by atoms with Gasteiger partial charge in [0.15, 0.2) is 0 Å². The fraction of sp³-hybridized carbons (Fsp3) is 0.103. The molecule has 1 atom stereocenters. The highest BCUT2D eigenvalue weighted by molar-refractivity contribution is 7.85. The van der Waals surface area contributed by atoms with Gasteiger partial charge in [0, 0.05) is 12.1 Å². The summed E-state index contributed by atoms with van der Waals surface area (Å²) in [7, 11) is -1.62. The lowest BCUT2D eigenvalue weighted by atomic mass is 10.1. The van der Waals surface area contributed by atoms with E-state index in [1.807, 2.05) is 31.2 Å². The minimum Gasteiger partial charge on any atom is -0.348 e. The molecule has 5 rings (SSSR count). The summed E-state index contributed by atoms with van der Waals surface area (Å²) in [5.41, 5.74) is 3.88. The molecule has 36 heavy (non-hydrogen) atoms. The Morgan fingerprint density at radius 3 is 2.33 bits per heavy atom. The van der Waals surface area contributed by atoms with Gasteiger partial charge in [0.2, 0.25) is 0 Å². The van der Waals surface area contributed by atoms with Gasteiger partial charge in [0.1, 0.15) is 5.82 Å². The second-order valence-corrected chi connectivity index (χ2v) is 10.1. The van der Waals surface area contributed by atoms with Gasteiger partial charge < -0.3 is 10.2 Å². The fourth-order valence-electron chi connectivity index (χ4n) is 4.12. The first-order valence-electron chi connectivity index (χ1n) is 11.5. The highest BCUT2D eigenvalue weighted by Gasteiger charge is 2.31. The van der Waals surface area contributed by atoms with Gasteiger partial charge >= 0.3 is 0 Å². The second-order valence-electron chi connectivity index (χ2n) is 8.63. The molecule has 1 aliphatic heterocycles. The molecule has 1 heterocycles. The van der Waals surface area contributed by atoms with Gasteiger partial charge in [-0.1, -0.05) is 54.1 Å². The number of carbonyl (C=O) groups excluding carboxylic acids is 2. The number of carbonyl (C=O) groups is 2. The molecule has 0 saturated heterocycles. The van der Waals surface area contributed by atoms with Crippen LogP contribution in [-0.4, -0.2) is 16.0 Å². The monoisotopic (exact) mass is 498 g/mol. The van der Waals surface area contributed by atoms with E-state index < -0.39 is 10.8 Å². The standard InChI is InChI=1S/C29H23FN2O3S/c1-19-6-8-20(9-7-19)17-31-28(33)22-12-15-27-25(16-22)32(18-21-10-13-23(30)14-11-21)29(34)24-4-2-3-5-26(24)36(27)35/h2-16H,17-18H2,1H3,(H,31,33). The number of nitrogens with one attached hydrogen (secondary N) is 1. The van der Waals surface area contributed by atoms with E-state index >= 15 is 0 Å². The average molecular weight is 499 g/mol. The summed E-state index contributed by atoms with van der Waals surface area (Å²) in [6.07, 6.45) is 0. The van der Waals surface area contributed by atoms with Gasteiger partial charge in [-0.25, -0.2) is 8.60 Å². The highest BCUT2D eigenvalue weighted by atomic mass is 32.2. The lowest BCUT2D eigenvalue weighted by Crippen LogP contribution is -2.31. The lowest BCUT2D eigenvalue weighted by molar-refractivity contribution is 0.0947. The quantitative estimate of drug-likeness (QED) is 0.401. The van der Waals surface area contributed by atoms with Crippen LogP contribution in [0.15, 0.2) is 101 Å². The summed E-state index contributed by atoms with van der Waals surface area (Å²) >= 11 is 0. The number of benzene rings is 4. The third-order valence-corrected chi connectivity index (χ3v) is 7.60. The Morgan fingerprint density at radius 1 is 0.889 bits per heavy atom. The van der Waals surface area contributed by atoms with Crippen molar-refractivity contribution in [3.8, 4) is 0 Å². The molecular weight excluding hydrogens is 475 g/mol. The number of amides is 2. The van der Waals surface area contributed by atoms with Crippen molar-refractivity contribution in [3.63, 3.8) is 0 Å². The zero-order chi connectivity index (χ0) is 25.2. The van der Waals surface area contributed by atoms with Crippen LogP contribution in [0.1, 0.15) is 37.4 Å². The van der Waals surface area contributed by atoms with Crippen LogP contribution in [0, 0.1) is 12.7 Å². The number of nitrogens with zero attached hydrogens (tertiary/aromatic N) is 1. The normalized spacial score (nSPS) is 14.6. The van der Waals surface area contributed by atoms with Crippen molar-refractivity contribution in [2.75, 3.05) is 4.90 Å². The Hall–Kier alpha value is -4.10. The zero-order valence-corrected chi connectivity index (χ0v) is 20.3. The topological polar surface area (TPSA) is 66.5 Å². The number of rotatable bonds is 5. The first-order chi connectivity index (χ1) is 17.4. The Labute approximate surface area is 211 Å². The average Bonchev–Trinajstić information content (AvgIpc) is 2.98.